The summed E-state index contributed by atoms with van der Waals surface area (Å²) >= 11 is 0. The Morgan fingerprint density at radius 3 is 2.61 bits per heavy atom. The van der Waals surface area contributed by atoms with Crippen molar-refractivity contribution in [1.29, 1.82) is 0 Å². The average molecular weight is 312 g/mol. The van der Waals surface area contributed by atoms with Crippen LogP contribution in [0, 0.1) is 6.92 Å². The molecule has 1 atom stereocenters. The maximum absolute atomic E-state index is 11.2. The fourth-order valence-corrected chi connectivity index (χ4v) is 3.26. The third-order valence-electron chi connectivity index (χ3n) is 4.44. The Hall–Kier alpha value is -2.69. The second kappa shape index (κ2) is 4.91. The minimum Gasteiger partial charge on any atom is -0.492 e. The molecule has 23 heavy (non-hydrogen) atoms. The predicted octanol–water partition coefficient (Wildman–Crippen LogP) is 3.21. The molecule has 0 fully saturated rings. The van der Waals surface area contributed by atoms with Crippen molar-refractivity contribution in [3.63, 3.8) is 0 Å². The molecular formula is C18H16O5. The van der Waals surface area contributed by atoms with Crippen LogP contribution in [0.15, 0.2) is 36.4 Å². The van der Waals surface area contributed by atoms with E-state index < -0.39 is 6.16 Å². The SMILES string of the molecule is COC(=O)Oc1ccc2c(c1)OCC21COc2ccc(C)cc21. The predicted molar refractivity (Wildman–Crippen MR) is 82.4 cm³/mol. The number of aryl methyl sites for hydroxylation is 1. The summed E-state index contributed by atoms with van der Waals surface area (Å²) in [7, 11) is 1.27. The molecular weight excluding hydrogens is 296 g/mol. The Balaban J connectivity index is 1.75. The summed E-state index contributed by atoms with van der Waals surface area (Å²) < 4.78 is 21.3. The van der Waals surface area contributed by atoms with Crippen LogP contribution in [-0.4, -0.2) is 26.5 Å². The van der Waals surface area contributed by atoms with E-state index >= 15 is 0 Å². The van der Waals surface area contributed by atoms with Crippen molar-refractivity contribution in [2.75, 3.05) is 20.3 Å². The number of benzene rings is 2. The third kappa shape index (κ3) is 2.04. The lowest BCUT2D eigenvalue weighted by Gasteiger charge is -2.20. The van der Waals surface area contributed by atoms with Crippen LogP contribution in [0.5, 0.6) is 17.2 Å². The van der Waals surface area contributed by atoms with E-state index in [1.807, 2.05) is 18.2 Å². The first-order chi connectivity index (χ1) is 11.1. The maximum Gasteiger partial charge on any atom is 0.513 e. The molecule has 0 saturated carbocycles. The molecule has 5 nitrogen and oxygen atoms in total. The van der Waals surface area contributed by atoms with Gasteiger partial charge in [-0.15, -0.1) is 0 Å². The van der Waals surface area contributed by atoms with Crippen LogP contribution in [0.4, 0.5) is 4.79 Å². The van der Waals surface area contributed by atoms with Gasteiger partial charge in [-0.25, -0.2) is 4.79 Å². The maximum atomic E-state index is 11.2. The quantitative estimate of drug-likeness (QED) is 0.598. The third-order valence-corrected chi connectivity index (χ3v) is 4.44. The Bertz CT molecular complexity index is 798. The van der Waals surface area contributed by atoms with E-state index in [2.05, 4.69) is 17.7 Å². The Morgan fingerprint density at radius 1 is 1.04 bits per heavy atom. The minimum absolute atomic E-state index is 0.291. The number of rotatable bonds is 1. The Labute approximate surface area is 133 Å². The summed E-state index contributed by atoms with van der Waals surface area (Å²) in [6.45, 7) is 3.13. The number of carbonyl (C=O) groups excluding carboxylic acids is 1. The van der Waals surface area contributed by atoms with Crippen LogP contribution >= 0.6 is 0 Å². The van der Waals surface area contributed by atoms with Gasteiger partial charge in [0, 0.05) is 17.2 Å². The molecule has 0 amide bonds. The molecule has 1 spiro atoms. The van der Waals surface area contributed by atoms with Crippen LogP contribution < -0.4 is 14.2 Å². The lowest BCUT2D eigenvalue weighted by molar-refractivity contribution is 0.121. The van der Waals surface area contributed by atoms with Gasteiger partial charge in [-0.2, -0.15) is 0 Å². The molecule has 5 heteroatoms. The van der Waals surface area contributed by atoms with Crippen LogP contribution in [0.25, 0.3) is 0 Å². The van der Waals surface area contributed by atoms with Crippen LogP contribution in [0.2, 0.25) is 0 Å². The topological polar surface area (TPSA) is 54.0 Å². The average Bonchev–Trinajstić information content (AvgIpc) is 3.10. The van der Waals surface area contributed by atoms with Crippen molar-refractivity contribution in [2.24, 2.45) is 0 Å². The zero-order valence-corrected chi connectivity index (χ0v) is 12.9. The van der Waals surface area contributed by atoms with Gasteiger partial charge in [-0.1, -0.05) is 23.8 Å². The number of ether oxygens (including phenoxy) is 4. The highest BCUT2D eigenvalue weighted by Crippen LogP contribution is 2.51. The minimum atomic E-state index is -0.747. The van der Waals surface area contributed by atoms with Gasteiger partial charge in [0.15, 0.2) is 0 Å². The zero-order valence-electron chi connectivity index (χ0n) is 12.9. The molecule has 0 aliphatic carbocycles. The standard InChI is InChI=1S/C18H16O5/c1-11-3-6-15-14(7-11)18(9-21-15)10-22-16-8-12(4-5-13(16)18)23-17(19)20-2/h3-8H,9-10H2,1-2H3. The smallest absolute Gasteiger partial charge is 0.492 e. The van der Waals surface area contributed by atoms with Gasteiger partial charge in [-0.05, 0) is 19.1 Å². The highest BCUT2D eigenvalue weighted by molar-refractivity contribution is 5.65. The van der Waals surface area contributed by atoms with Crippen molar-refractivity contribution >= 4 is 6.16 Å². The van der Waals surface area contributed by atoms with E-state index in [0.717, 1.165) is 16.9 Å². The second-order valence-corrected chi connectivity index (χ2v) is 5.87. The molecule has 2 aliphatic rings. The van der Waals surface area contributed by atoms with E-state index in [1.54, 1.807) is 12.1 Å². The normalized spacial score (nSPS) is 20.4. The van der Waals surface area contributed by atoms with Gasteiger partial charge in [0.1, 0.15) is 30.5 Å². The molecule has 2 heterocycles. The van der Waals surface area contributed by atoms with Crippen molar-refractivity contribution in [3.8, 4) is 17.2 Å². The van der Waals surface area contributed by atoms with Gasteiger partial charge in [0.2, 0.25) is 0 Å². The van der Waals surface area contributed by atoms with E-state index in [0.29, 0.717) is 24.7 Å². The van der Waals surface area contributed by atoms with Gasteiger partial charge in [0.25, 0.3) is 0 Å². The molecule has 0 aromatic heterocycles. The van der Waals surface area contributed by atoms with Crippen LogP contribution in [0.1, 0.15) is 16.7 Å². The Kier molecular flexibility index (Phi) is 2.98. The lowest BCUT2D eigenvalue weighted by atomic mass is 9.77. The molecule has 0 N–H and O–H groups in total. The van der Waals surface area contributed by atoms with Gasteiger partial charge in [-0.3, -0.25) is 0 Å². The Morgan fingerprint density at radius 2 is 1.83 bits per heavy atom. The lowest BCUT2D eigenvalue weighted by Crippen LogP contribution is -2.31. The number of fused-ring (bicyclic) bond motifs is 4. The number of hydrogen-bond donors (Lipinski definition) is 0. The molecule has 0 saturated heterocycles. The molecule has 1 unspecified atom stereocenters. The van der Waals surface area contributed by atoms with Crippen molar-refractivity contribution in [2.45, 2.75) is 12.3 Å². The fourth-order valence-electron chi connectivity index (χ4n) is 3.26. The zero-order chi connectivity index (χ0) is 16.0. The van der Waals surface area contributed by atoms with Crippen molar-refractivity contribution in [1.82, 2.24) is 0 Å². The van der Waals surface area contributed by atoms with E-state index in [-0.39, 0.29) is 5.41 Å². The first-order valence-corrected chi connectivity index (χ1v) is 7.39. The summed E-state index contributed by atoms with van der Waals surface area (Å²) in [5.41, 5.74) is 3.10. The molecule has 2 aliphatic heterocycles. The highest BCUT2D eigenvalue weighted by atomic mass is 16.7. The summed E-state index contributed by atoms with van der Waals surface area (Å²) in [6.07, 6.45) is -0.747. The van der Waals surface area contributed by atoms with Crippen molar-refractivity contribution < 1.29 is 23.7 Å². The summed E-state index contributed by atoms with van der Waals surface area (Å²) in [5.74, 6) is 2.02. The summed E-state index contributed by atoms with van der Waals surface area (Å²) in [6, 6.07) is 11.6. The summed E-state index contributed by atoms with van der Waals surface area (Å²) in [4.78, 5) is 11.2. The monoisotopic (exact) mass is 312 g/mol. The largest absolute Gasteiger partial charge is 0.513 e. The molecule has 2 aromatic carbocycles. The molecule has 0 bridgehead atoms. The number of methoxy groups -OCH3 is 1. The molecule has 4 rings (SSSR count). The van der Waals surface area contributed by atoms with E-state index in [4.69, 9.17) is 14.2 Å². The highest BCUT2D eigenvalue weighted by Gasteiger charge is 2.48. The fraction of sp³-hybridized carbons (Fsp3) is 0.278. The van der Waals surface area contributed by atoms with E-state index in [9.17, 15) is 4.79 Å². The first kappa shape index (κ1) is 13.9. The number of hydrogen-bond acceptors (Lipinski definition) is 5. The van der Waals surface area contributed by atoms with Crippen LogP contribution in [0.3, 0.4) is 0 Å². The molecule has 0 radical (unpaired) electrons. The second-order valence-electron chi connectivity index (χ2n) is 5.87. The van der Waals surface area contributed by atoms with Gasteiger partial charge in [0.05, 0.1) is 12.5 Å². The number of carbonyl (C=O) groups is 1. The van der Waals surface area contributed by atoms with Crippen molar-refractivity contribution in [3.05, 3.63) is 53.1 Å². The summed E-state index contributed by atoms with van der Waals surface area (Å²) in [5, 5.41) is 0. The van der Waals surface area contributed by atoms with E-state index in [1.165, 1.54) is 12.7 Å². The van der Waals surface area contributed by atoms with Gasteiger partial charge < -0.3 is 18.9 Å². The van der Waals surface area contributed by atoms with Crippen LogP contribution in [-0.2, 0) is 10.2 Å². The van der Waals surface area contributed by atoms with Gasteiger partial charge >= 0.3 is 6.16 Å². The first-order valence-electron chi connectivity index (χ1n) is 7.39. The molecule has 2 aromatic rings. The molecule has 118 valence electrons.